The number of rotatable bonds is 4. The Labute approximate surface area is 112 Å². The average molecular weight is 280 g/mol. The average Bonchev–Trinajstić information content (AvgIpc) is 2.82. The van der Waals surface area contributed by atoms with Gasteiger partial charge in [0.1, 0.15) is 12.2 Å². The molecular formula is C13H10F2N2O3. The highest BCUT2D eigenvalue weighted by Gasteiger charge is 2.15. The topological polar surface area (TPSA) is 71.3 Å². The van der Waals surface area contributed by atoms with Gasteiger partial charge in [-0.05, 0) is 24.3 Å². The molecule has 0 saturated carbocycles. The molecule has 2 N–H and O–H groups in total. The maximum Gasteiger partial charge on any atom is 0.323 e. The van der Waals surface area contributed by atoms with Gasteiger partial charge < -0.3 is 15.0 Å². The van der Waals surface area contributed by atoms with E-state index < -0.39 is 30.1 Å². The van der Waals surface area contributed by atoms with Crippen LogP contribution in [0.15, 0.2) is 36.5 Å². The number of carboxylic acids is 1. The second kappa shape index (κ2) is 5.52. The first kappa shape index (κ1) is 13.7. The summed E-state index contributed by atoms with van der Waals surface area (Å²) in [4.78, 5) is 22.6. The van der Waals surface area contributed by atoms with E-state index in [-0.39, 0.29) is 11.4 Å². The molecule has 0 radical (unpaired) electrons. The Kier molecular flexibility index (Phi) is 3.79. The molecule has 7 heteroatoms. The number of anilines is 1. The van der Waals surface area contributed by atoms with Gasteiger partial charge in [-0.15, -0.1) is 0 Å². The smallest absolute Gasteiger partial charge is 0.323 e. The van der Waals surface area contributed by atoms with Crippen molar-refractivity contribution in [1.29, 1.82) is 0 Å². The molecule has 0 aliphatic heterocycles. The van der Waals surface area contributed by atoms with Crippen molar-refractivity contribution >= 4 is 17.6 Å². The molecule has 2 aromatic rings. The van der Waals surface area contributed by atoms with Crippen molar-refractivity contribution in [3.63, 3.8) is 0 Å². The van der Waals surface area contributed by atoms with Crippen LogP contribution < -0.4 is 5.32 Å². The number of carboxylic acid groups (broad SMARTS) is 1. The number of hydrogen-bond donors (Lipinski definition) is 2. The Morgan fingerprint density at radius 1 is 1.20 bits per heavy atom. The van der Waals surface area contributed by atoms with E-state index in [1.54, 1.807) is 0 Å². The fourth-order valence-corrected chi connectivity index (χ4v) is 1.69. The number of halogens is 2. The Hall–Kier alpha value is -2.70. The fourth-order valence-electron chi connectivity index (χ4n) is 1.69. The fraction of sp³-hybridized carbons (Fsp3) is 0.0769. The zero-order valence-corrected chi connectivity index (χ0v) is 10.1. The second-order valence-electron chi connectivity index (χ2n) is 3.97. The Morgan fingerprint density at radius 3 is 2.65 bits per heavy atom. The molecule has 0 fully saturated rings. The molecule has 1 aromatic heterocycles. The summed E-state index contributed by atoms with van der Waals surface area (Å²) in [5, 5.41) is 10.9. The number of benzene rings is 1. The van der Waals surface area contributed by atoms with Crippen molar-refractivity contribution in [2.24, 2.45) is 0 Å². The summed E-state index contributed by atoms with van der Waals surface area (Å²) >= 11 is 0. The van der Waals surface area contributed by atoms with E-state index in [0.29, 0.717) is 0 Å². The summed E-state index contributed by atoms with van der Waals surface area (Å²) in [5.41, 5.74) is -0.269. The van der Waals surface area contributed by atoms with Gasteiger partial charge in [-0.3, -0.25) is 9.59 Å². The lowest BCUT2D eigenvalue weighted by Gasteiger charge is -2.09. The lowest BCUT2D eigenvalue weighted by Crippen LogP contribution is -2.20. The van der Waals surface area contributed by atoms with Crippen LogP contribution in [0.3, 0.4) is 0 Å². The first-order valence-electron chi connectivity index (χ1n) is 5.61. The first-order valence-corrected chi connectivity index (χ1v) is 5.61. The van der Waals surface area contributed by atoms with Crippen molar-refractivity contribution in [2.45, 2.75) is 6.54 Å². The van der Waals surface area contributed by atoms with E-state index in [9.17, 15) is 18.4 Å². The highest BCUT2D eigenvalue weighted by Crippen LogP contribution is 2.17. The minimum atomic E-state index is -1.17. The quantitative estimate of drug-likeness (QED) is 0.901. The van der Waals surface area contributed by atoms with Gasteiger partial charge in [-0.2, -0.15) is 0 Å². The van der Waals surface area contributed by atoms with E-state index in [2.05, 4.69) is 5.32 Å². The number of aromatic nitrogens is 1. The van der Waals surface area contributed by atoms with Gasteiger partial charge in [0, 0.05) is 6.20 Å². The number of carbonyl (C=O) groups excluding carboxylic acids is 1. The third-order valence-electron chi connectivity index (χ3n) is 2.57. The predicted molar refractivity (Wildman–Crippen MR) is 66.4 cm³/mol. The van der Waals surface area contributed by atoms with Crippen LogP contribution in [0.4, 0.5) is 14.5 Å². The van der Waals surface area contributed by atoms with Crippen LogP contribution in [0.25, 0.3) is 0 Å². The Balaban J connectivity index is 2.22. The van der Waals surface area contributed by atoms with Crippen LogP contribution >= 0.6 is 0 Å². The lowest BCUT2D eigenvalue weighted by atomic mass is 10.3. The highest BCUT2D eigenvalue weighted by molar-refractivity contribution is 6.03. The largest absolute Gasteiger partial charge is 0.480 e. The first-order chi connectivity index (χ1) is 9.49. The van der Waals surface area contributed by atoms with Crippen molar-refractivity contribution in [3.05, 3.63) is 53.9 Å². The summed E-state index contributed by atoms with van der Waals surface area (Å²) in [6.07, 6.45) is 1.41. The minimum absolute atomic E-state index is 0.0380. The number of nitrogens with zero attached hydrogens (tertiary/aromatic N) is 1. The lowest BCUT2D eigenvalue weighted by molar-refractivity contribution is -0.137. The molecule has 0 aliphatic carbocycles. The second-order valence-corrected chi connectivity index (χ2v) is 3.97. The Bertz CT molecular complexity index is 667. The van der Waals surface area contributed by atoms with Crippen LogP contribution in [0, 0.1) is 11.6 Å². The molecule has 2 rings (SSSR count). The van der Waals surface area contributed by atoms with Crippen LogP contribution in [0.5, 0.6) is 0 Å². The van der Waals surface area contributed by atoms with Crippen molar-refractivity contribution in [2.75, 3.05) is 5.32 Å². The zero-order chi connectivity index (χ0) is 14.7. The predicted octanol–water partition coefficient (Wildman–Crippen LogP) is 2.10. The number of carbonyl (C=O) groups is 2. The molecular weight excluding hydrogens is 270 g/mol. The molecule has 0 aliphatic rings. The van der Waals surface area contributed by atoms with Gasteiger partial charge in [0.25, 0.3) is 5.91 Å². The van der Waals surface area contributed by atoms with E-state index >= 15 is 0 Å². The molecule has 5 nitrogen and oxygen atoms in total. The number of aliphatic carboxylic acids is 1. The van der Waals surface area contributed by atoms with Gasteiger partial charge in [-0.1, -0.05) is 6.07 Å². The number of hydrogen-bond acceptors (Lipinski definition) is 2. The van der Waals surface area contributed by atoms with Crippen LogP contribution in [-0.4, -0.2) is 21.6 Å². The number of amides is 1. The van der Waals surface area contributed by atoms with Gasteiger partial charge >= 0.3 is 5.97 Å². The highest BCUT2D eigenvalue weighted by atomic mass is 19.2. The van der Waals surface area contributed by atoms with E-state index in [1.165, 1.54) is 35.0 Å². The van der Waals surface area contributed by atoms with Gasteiger partial charge in [0.15, 0.2) is 11.6 Å². The van der Waals surface area contributed by atoms with Crippen LogP contribution in [0.1, 0.15) is 10.5 Å². The summed E-state index contributed by atoms with van der Waals surface area (Å²) in [5.74, 6) is -4.09. The molecule has 1 heterocycles. The maximum atomic E-state index is 13.4. The molecule has 0 unspecified atom stereocenters. The summed E-state index contributed by atoms with van der Waals surface area (Å²) in [7, 11) is 0. The van der Waals surface area contributed by atoms with Gasteiger partial charge in [0.05, 0.1) is 5.69 Å². The monoisotopic (exact) mass is 280 g/mol. The van der Waals surface area contributed by atoms with Crippen LogP contribution in [-0.2, 0) is 11.3 Å². The summed E-state index contributed by atoms with van der Waals surface area (Å²) in [6.45, 7) is -0.401. The van der Waals surface area contributed by atoms with E-state index in [0.717, 1.165) is 6.07 Å². The maximum absolute atomic E-state index is 13.4. The normalized spacial score (nSPS) is 10.3. The van der Waals surface area contributed by atoms with E-state index in [4.69, 9.17) is 5.11 Å². The third-order valence-corrected chi connectivity index (χ3v) is 2.57. The SMILES string of the molecule is O=C(O)Cn1cccc1C(=O)Nc1cccc(F)c1F. The molecule has 20 heavy (non-hydrogen) atoms. The summed E-state index contributed by atoms with van der Waals surface area (Å²) in [6, 6.07) is 6.26. The molecule has 1 aromatic carbocycles. The molecule has 0 saturated heterocycles. The zero-order valence-electron chi connectivity index (χ0n) is 10.1. The molecule has 0 atom stereocenters. The molecule has 0 bridgehead atoms. The molecule has 104 valence electrons. The van der Waals surface area contributed by atoms with Gasteiger partial charge in [-0.25, -0.2) is 8.78 Å². The van der Waals surface area contributed by atoms with E-state index in [1.807, 2.05) is 0 Å². The van der Waals surface area contributed by atoms with Gasteiger partial charge in [0.2, 0.25) is 0 Å². The molecule has 1 amide bonds. The Morgan fingerprint density at radius 2 is 1.95 bits per heavy atom. The standard InChI is InChI=1S/C13H10F2N2O3/c14-8-3-1-4-9(12(8)15)16-13(20)10-5-2-6-17(10)7-11(18)19/h1-6H,7H2,(H,16,20)(H,18,19). The third kappa shape index (κ3) is 2.82. The minimum Gasteiger partial charge on any atom is -0.480 e. The van der Waals surface area contributed by atoms with Crippen LogP contribution in [0.2, 0.25) is 0 Å². The van der Waals surface area contributed by atoms with Crippen molar-refractivity contribution < 1.29 is 23.5 Å². The number of nitrogens with one attached hydrogen (secondary N) is 1. The summed E-state index contributed by atoms with van der Waals surface area (Å²) < 4.78 is 27.6. The molecule has 0 spiro atoms. The van der Waals surface area contributed by atoms with Crippen molar-refractivity contribution in [3.8, 4) is 0 Å². The van der Waals surface area contributed by atoms with Crippen molar-refractivity contribution in [1.82, 2.24) is 4.57 Å².